The van der Waals surface area contributed by atoms with Crippen molar-refractivity contribution in [2.45, 2.75) is 37.9 Å². The van der Waals surface area contributed by atoms with E-state index in [1.807, 2.05) is 26.0 Å². The molecule has 0 aromatic carbocycles. The molecule has 14 heavy (non-hydrogen) atoms. The molecule has 0 aromatic rings. The Morgan fingerprint density at radius 2 is 2.07 bits per heavy atom. The van der Waals surface area contributed by atoms with Gasteiger partial charge in [-0.3, -0.25) is 0 Å². The van der Waals surface area contributed by atoms with E-state index in [1.165, 1.54) is 0 Å². The molecule has 2 unspecified atom stereocenters. The molecule has 0 amide bonds. The normalized spacial score (nSPS) is 41.3. The number of aliphatic hydroxyl groups excluding tert-OH is 2. The first-order chi connectivity index (χ1) is 6.53. The van der Waals surface area contributed by atoms with Crippen LogP contribution in [0.2, 0.25) is 0 Å². The SMILES string of the molecule is CC1(C)OC2C=C[C@@H](C(O)CO)[C@H]2O1. The topological polar surface area (TPSA) is 58.9 Å². The highest BCUT2D eigenvalue weighted by molar-refractivity contribution is 5.14. The monoisotopic (exact) mass is 200 g/mol. The van der Waals surface area contributed by atoms with Crippen LogP contribution in [0.1, 0.15) is 13.8 Å². The largest absolute Gasteiger partial charge is 0.394 e. The van der Waals surface area contributed by atoms with E-state index in [0.29, 0.717) is 0 Å². The summed E-state index contributed by atoms with van der Waals surface area (Å²) in [6, 6.07) is 0. The van der Waals surface area contributed by atoms with Crippen LogP contribution < -0.4 is 0 Å². The first-order valence-electron chi connectivity index (χ1n) is 4.86. The zero-order valence-corrected chi connectivity index (χ0v) is 8.38. The van der Waals surface area contributed by atoms with E-state index in [0.717, 1.165) is 0 Å². The van der Waals surface area contributed by atoms with Crippen molar-refractivity contribution in [1.29, 1.82) is 0 Å². The number of hydrogen-bond donors (Lipinski definition) is 2. The first-order valence-corrected chi connectivity index (χ1v) is 4.86. The van der Waals surface area contributed by atoms with Crippen molar-refractivity contribution < 1.29 is 19.7 Å². The number of rotatable bonds is 2. The lowest BCUT2D eigenvalue weighted by molar-refractivity contribution is -0.152. The van der Waals surface area contributed by atoms with Crippen LogP contribution in [0.4, 0.5) is 0 Å². The Morgan fingerprint density at radius 1 is 1.36 bits per heavy atom. The molecular formula is C10H16O4. The van der Waals surface area contributed by atoms with Crippen LogP contribution in [-0.4, -0.2) is 40.9 Å². The Balaban J connectivity index is 2.09. The summed E-state index contributed by atoms with van der Waals surface area (Å²) < 4.78 is 11.2. The van der Waals surface area contributed by atoms with Gasteiger partial charge in [-0.2, -0.15) is 0 Å². The fourth-order valence-corrected chi connectivity index (χ4v) is 2.08. The summed E-state index contributed by atoms with van der Waals surface area (Å²) in [5, 5.41) is 18.4. The average molecular weight is 200 g/mol. The number of fused-ring (bicyclic) bond motifs is 1. The second-order valence-electron chi connectivity index (χ2n) is 4.28. The summed E-state index contributed by atoms with van der Waals surface area (Å²) in [6.07, 6.45) is 2.73. The van der Waals surface area contributed by atoms with Gasteiger partial charge in [-0.05, 0) is 13.8 Å². The fourth-order valence-electron chi connectivity index (χ4n) is 2.08. The minimum absolute atomic E-state index is 0.0869. The molecule has 2 N–H and O–H groups in total. The van der Waals surface area contributed by atoms with Crippen molar-refractivity contribution in [1.82, 2.24) is 0 Å². The van der Waals surface area contributed by atoms with Gasteiger partial charge in [-0.1, -0.05) is 12.2 Å². The van der Waals surface area contributed by atoms with Crippen molar-refractivity contribution in [3.63, 3.8) is 0 Å². The van der Waals surface area contributed by atoms with Gasteiger partial charge in [0.15, 0.2) is 5.79 Å². The van der Waals surface area contributed by atoms with Crippen LogP contribution in [0.25, 0.3) is 0 Å². The second-order valence-corrected chi connectivity index (χ2v) is 4.28. The number of aliphatic hydroxyl groups is 2. The third-order valence-corrected chi connectivity index (χ3v) is 2.70. The van der Waals surface area contributed by atoms with Gasteiger partial charge in [0.25, 0.3) is 0 Å². The Kier molecular flexibility index (Phi) is 2.39. The molecule has 4 heteroatoms. The van der Waals surface area contributed by atoms with E-state index in [-0.39, 0.29) is 24.7 Å². The molecule has 0 spiro atoms. The van der Waals surface area contributed by atoms with Crippen molar-refractivity contribution in [3.05, 3.63) is 12.2 Å². The van der Waals surface area contributed by atoms with Gasteiger partial charge in [-0.15, -0.1) is 0 Å². The number of hydrogen-bond acceptors (Lipinski definition) is 4. The van der Waals surface area contributed by atoms with E-state index in [1.54, 1.807) is 0 Å². The lowest BCUT2D eigenvalue weighted by Gasteiger charge is -2.23. The van der Waals surface area contributed by atoms with E-state index >= 15 is 0 Å². The van der Waals surface area contributed by atoms with Crippen LogP contribution in [0.3, 0.4) is 0 Å². The van der Waals surface area contributed by atoms with Crippen LogP contribution in [0, 0.1) is 5.92 Å². The summed E-state index contributed by atoms with van der Waals surface area (Å²) in [7, 11) is 0. The zero-order valence-electron chi connectivity index (χ0n) is 8.38. The van der Waals surface area contributed by atoms with Crippen LogP contribution >= 0.6 is 0 Å². The third-order valence-electron chi connectivity index (χ3n) is 2.70. The maximum Gasteiger partial charge on any atom is 0.164 e. The maximum absolute atomic E-state index is 9.54. The predicted octanol–water partition coefficient (Wildman–Crippen LogP) is 0.0457. The minimum Gasteiger partial charge on any atom is -0.394 e. The average Bonchev–Trinajstić information content (AvgIpc) is 2.58. The molecule has 1 saturated heterocycles. The van der Waals surface area contributed by atoms with Gasteiger partial charge < -0.3 is 19.7 Å². The maximum atomic E-state index is 9.54. The molecule has 1 aliphatic carbocycles. The van der Waals surface area contributed by atoms with Crippen molar-refractivity contribution in [2.75, 3.05) is 6.61 Å². The Morgan fingerprint density at radius 3 is 2.71 bits per heavy atom. The Hall–Kier alpha value is -0.420. The van der Waals surface area contributed by atoms with Gasteiger partial charge in [0.1, 0.15) is 6.10 Å². The lowest BCUT2D eigenvalue weighted by atomic mass is 9.99. The molecule has 2 rings (SSSR count). The van der Waals surface area contributed by atoms with E-state index in [4.69, 9.17) is 14.6 Å². The summed E-state index contributed by atoms with van der Waals surface area (Å²) in [5.74, 6) is -0.750. The van der Waals surface area contributed by atoms with Crippen molar-refractivity contribution in [3.8, 4) is 0 Å². The Labute approximate surface area is 83.1 Å². The van der Waals surface area contributed by atoms with Crippen LogP contribution in [0.5, 0.6) is 0 Å². The van der Waals surface area contributed by atoms with Crippen LogP contribution in [-0.2, 0) is 9.47 Å². The third kappa shape index (κ3) is 1.59. The second kappa shape index (κ2) is 3.31. The van der Waals surface area contributed by atoms with Crippen molar-refractivity contribution >= 4 is 0 Å². The molecule has 1 heterocycles. The standard InChI is InChI=1S/C10H16O4/c1-10(2)13-8-4-3-6(7(12)5-11)9(8)14-10/h3-4,6-9,11-12H,5H2,1-2H3/t6-,7?,8?,9+/m0/s1. The zero-order chi connectivity index (χ0) is 10.3. The van der Waals surface area contributed by atoms with Gasteiger partial charge in [0, 0.05) is 5.92 Å². The molecule has 1 fully saturated rings. The van der Waals surface area contributed by atoms with Crippen molar-refractivity contribution in [2.24, 2.45) is 5.92 Å². The predicted molar refractivity (Wildman–Crippen MR) is 49.5 cm³/mol. The van der Waals surface area contributed by atoms with E-state index in [2.05, 4.69) is 0 Å². The first kappa shape index (κ1) is 10.1. The minimum atomic E-state index is -0.765. The highest BCUT2D eigenvalue weighted by Gasteiger charge is 2.47. The quantitative estimate of drug-likeness (QED) is 0.618. The van der Waals surface area contributed by atoms with E-state index < -0.39 is 11.9 Å². The Bertz CT molecular complexity index is 249. The molecule has 4 nitrogen and oxygen atoms in total. The van der Waals surface area contributed by atoms with Crippen LogP contribution in [0.15, 0.2) is 12.2 Å². The molecule has 1 aliphatic heterocycles. The summed E-state index contributed by atoms with van der Waals surface area (Å²) in [6.45, 7) is 3.45. The molecule has 0 bridgehead atoms. The molecule has 0 aromatic heterocycles. The molecule has 80 valence electrons. The smallest absolute Gasteiger partial charge is 0.164 e. The fraction of sp³-hybridized carbons (Fsp3) is 0.800. The summed E-state index contributed by atoms with van der Waals surface area (Å²) in [4.78, 5) is 0. The van der Waals surface area contributed by atoms with Gasteiger partial charge in [-0.25, -0.2) is 0 Å². The molecule has 2 aliphatic rings. The molecular weight excluding hydrogens is 184 g/mol. The van der Waals surface area contributed by atoms with Gasteiger partial charge in [0.05, 0.1) is 18.8 Å². The molecule has 0 saturated carbocycles. The highest BCUT2D eigenvalue weighted by Crippen LogP contribution is 2.38. The van der Waals surface area contributed by atoms with E-state index in [9.17, 15) is 5.11 Å². The lowest BCUT2D eigenvalue weighted by Crippen LogP contribution is -2.35. The van der Waals surface area contributed by atoms with Gasteiger partial charge in [0.2, 0.25) is 0 Å². The van der Waals surface area contributed by atoms with Gasteiger partial charge >= 0.3 is 0 Å². The molecule has 4 atom stereocenters. The number of ether oxygens (including phenoxy) is 2. The summed E-state index contributed by atoms with van der Waals surface area (Å²) in [5.41, 5.74) is 0. The summed E-state index contributed by atoms with van der Waals surface area (Å²) >= 11 is 0. The highest BCUT2D eigenvalue weighted by atomic mass is 16.8. The molecule has 0 radical (unpaired) electrons.